The van der Waals surface area contributed by atoms with Crippen LogP contribution in [0.5, 0.6) is 0 Å². The SMILES string of the molecule is CCCCCC(CCC)C(C)C(C)[n+]1cc[nH]c1. The van der Waals surface area contributed by atoms with Crippen molar-refractivity contribution in [2.45, 2.75) is 72.3 Å². The third-order valence-corrected chi connectivity index (χ3v) is 4.38. The van der Waals surface area contributed by atoms with E-state index in [2.05, 4.69) is 49.8 Å². The standard InChI is InChI=1S/C16H30N2/c1-5-7-8-10-16(9-6-2)14(3)15(4)18-12-11-17-13-18/h11-16H,5-10H2,1-4H3/p+1. The number of nitrogens with one attached hydrogen (secondary N) is 1. The first-order chi connectivity index (χ1) is 8.70. The van der Waals surface area contributed by atoms with Gasteiger partial charge in [0.05, 0.1) is 0 Å². The van der Waals surface area contributed by atoms with E-state index in [9.17, 15) is 0 Å². The zero-order valence-corrected chi connectivity index (χ0v) is 12.7. The molecule has 1 aromatic heterocycles. The smallest absolute Gasteiger partial charge is 0.241 e. The molecule has 2 nitrogen and oxygen atoms in total. The van der Waals surface area contributed by atoms with Gasteiger partial charge in [-0.1, -0.05) is 59.3 Å². The molecule has 0 amide bonds. The van der Waals surface area contributed by atoms with E-state index < -0.39 is 0 Å². The fourth-order valence-corrected chi connectivity index (χ4v) is 2.92. The van der Waals surface area contributed by atoms with E-state index in [0.717, 1.165) is 11.8 Å². The summed E-state index contributed by atoms with van der Waals surface area (Å²) in [6, 6.07) is 0.592. The van der Waals surface area contributed by atoms with Crippen molar-refractivity contribution in [3.8, 4) is 0 Å². The number of rotatable bonds is 9. The topological polar surface area (TPSA) is 19.7 Å². The summed E-state index contributed by atoms with van der Waals surface area (Å²) in [5.41, 5.74) is 0. The van der Waals surface area contributed by atoms with Crippen LogP contribution in [0.15, 0.2) is 18.7 Å². The molecule has 1 heterocycles. The number of imidazole rings is 1. The van der Waals surface area contributed by atoms with Gasteiger partial charge in [-0.25, -0.2) is 4.57 Å². The Morgan fingerprint density at radius 3 is 2.39 bits per heavy atom. The molecule has 0 fully saturated rings. The predicted octanol–water partition coefficient (Wildman–Crippen LogP) is 4.50. The summed E-state index contributed by atoms with van der Waals surface area (Å²) in [5, 5.41) is 0. The van der Waals surface area contributed by atoms with Gasteiger partial charge >= 0.3 is 0 Å². The summed E-state index contributed by atoms with van der Waals surface area (Å²) in [7, 11) is 0. The van der Waals surface area contributed by atoms with Gasteiger partial charge < -0.3 is 0 Å². The van der Waals surface area contributed by atoms with Crippen LogP contribution in [0.4, 0.5) is 0 Å². The van der Waals surface area contributed by atoms with Gasteiger partial charge in [0, 0.05) is 0 Å². The first-order valence-electron chi connectivity index (χ1n) is 7.74. The maximum absolute atomic E-state index is 3.15. The van der Waals surface area contributed by atoms with Crippen molar-refractivity contribution in [1.82, 2.24) is 4.98 Å². The van der Waals surface area contributed by atoms with E-state index in [4.69, 9.17) is 0 Å². The Labute approximate surface area is 113 Å². The number of hydrogen-bond acceptors (Lipinski definition) is 0. The number of H-pyrrole nitrogens is 1. The molecule has 0 aromatic carbocycles. The van der Waals surface area contributed by atoms with Crippen LogP contribution in [0.25, 0.3) is 0 Å². The normalized spacial score (nSPS) is 16.4. The number of nitrogens with zero attached hydrogens (tertiary/aromatic N) is 1. The highest BCUT2D eigenvalue weighted by Gasteiger charge is 2.25. The molecule has 0 aliphatic rings. The summed E-state index contributed by atoms with van der Waals surface area (Å²) < 4.78 is 2.31. The Hall–Kier alpha value is -0.790. The molecular formula is C16H31N2+. The van der Waals surface area contributed by atoms with E-state index in [1.54, 1.807) is 0 Å². The molecule has 1 aromatic rings. The van der Waals surface area contributed by atoms with Crippen molar-refractivity contribution in [3.05, 3.63) is 18.7 Å². The zero-order chi connectivity index (χ0) is 13.4. The van der Waals surface area contributed by atoms with Crippen LogP contribution in [0.1, 0.15) is 72.3 Å². The molecule has 0 aliphatic heterocycles. The minimum atomic E-state index is 0.592. The molecule has 0 saturated carbocycles. The van der Waals surface area contributed by atoms with Gasteiger partial charge in [-0.05, 0) is 18.8 Å². The Balaban J connectivity index is 2.54. The van der Waals surface area contributed by atoms with Crippen molar-refractivity contribution in [2.75, 3.05) is 0 Å². The summed E-state index contributed by atoms with van der Waals surface area (Å²) in [5.74, 6) is 1.63. The lowest BCUT2D eigenvalue weighted by atomic mass is 9.81. The van der Waals surface area contributed by atoms with Gasteiger partial charge in [0.1, 0.15) is 18.4 Å². The van der Waals surface area contributed by atoms with Crippen LogP contribution >= 0.6 is 0 Å². The molecule has 0 bridgehead atoms. The van der Waals surface area contributed by atoms with Crippen molar-refractivity contribution >= 4 is 0 Å². The van der Waals surface area contributed by atoms with Gasteiger partial charge in [-0.2, -0.15) is 0 Å². The highest BCUT2D eigenvalue weighted by Crippen LogP contribution is 2.29. The fourth-order valence-electron chi connectivity index (χ4n) is 2.92. The van der Waals surface area contributed by atoms with Gasteiger partial charge in [0.2, 0.25) is 6.33 Å². The molecular weight excluding hydrogens is 220 g/mol. The molecule has 104 valence electrons. The second-order valence-corrected chi connectivity index (χ2v) is 5.70. The van der Waals surface area contributed by atoms with Crippen molar-refractivity contribution in [1.29, 1.82) is 0 Å². The molecule has 0 aliphatic carbocycles. The van der Waals surface area contributed by atoms with E-state index in [-0.39, 0.29) is 0 Å². The fraction of sp³-hybridized carbons (Fsp3) is 0.812. The molecule has 0 radical (unpaired) electrons. The second-order valence-electron chi connectivity index (χ2n) is 5.70. The van der Waals surface area contributed by atoms with E-state index >= 15 is 0 Å². The van der Waals surface area contributed by atoms with E-state index in [1.807, 2.05) is 6.20 Å². The Morgan fingerprint density at radius 1 is 1.06 bits per heavy atom. The summed E-state index contributed by atoms with van der Waals surface area (Å²) in [4.78, 5) is 3.15. The average molecular weight is 251 g/mol. The third-order valence-electron chi connectivity index (χ3n) is 4.38. The molecule has 1 rings (SSSR count). The number of hydrogen-bond donors (Lipinski definition) is 1. The lowest BCUT2D eigenvalue weighted by molar-refractivity contribution is -0.726. The summed E-state index contributed by atoms with van der Waals surface area (Å²) >= 11 is 0. The van der Waals surface area contributed by atoms with E-state index in [0.29, 0.717) is 6.04 Å². The van der Waals surface area contributed by atoms with Gasteiger partial charge in [0.25, 0.3) is 0 Å². The van der Waals surface area contributed by atoms with Crippen LogP contribution in [0, 0.1) is 11.8 Å². The maximum Gasteiger partial charge on any atom is 0.241 e. The van der Waals surface area contributed by atoms with Gasteiger partial charge in [0.15, 0.2) is 0 Å². The summed E-state index contributed by atoms with van der Waals surface area (Å²) in [6.07, 6.45) is 14.4. The first kappa shape index (κ1) is 15.3. The molecule has 2 heteroatoms. The van der Waals surface area contributed by atoms with Crippen LogP contribution in [-0.4, -0.2) is 4.98 Å². The quantitative estimate of drug-likeness (QED) is 0.492. The molecule has 18 heavy (non-hydrogen) atoms. The monoisotopic (exact) mass is 251 g/mol. The van der Waals surface area contributed by atoms with Crippen molar-refractivity contribution < 1.29 is 4.57 Å². The van der Waals surface area contributed by atoms with Gasteiger partial charge in [-0.15, -0.1) is 0 Å². The van der Waals surface area contributed by atoms with Crippen LogP contribution in [0.2, 0.25) is 0 Å². The number of aromatic nitrogens is 2. The third kappa shape index (κ3) is 4.47. The highest BCUT2D eigenvalue weighted by atomic mass is 15.0. The predicted molar refractivity (Wildman–Crippen MR) is 77.4 cm³/mol. The lowest BCUT2D eigenvalue weighted by Gasteiger charge is -2.27. The Bertz CT molecular complexity index is 292. The molecule has 0 spiro atoms. The Morgan fingerprint density at radius 2 is 1.83 bits per heavy atom. The average Bonchev–Trinajstić information content (AvgIpc) is 2.90. The maximum atomic E-state index is 3.15. The van der Waals surface area contributed by atoms with Crippen molar-refractivity contribution in [2.24, 2.45) is 11.8 Å². The first-order valence-corrected chi connectivity index (χ1v) is 7.74. The largest absolute Gasteiger partial charge is 0.250 e. The second kappa shape index (κ2) is 8.34. The zero-order valence-electron chi connectivity index (χ0n) is 12.7. The lowest BCUT2D eigenvalue weighted by Crippen LogP contribution is -2.41. The van der Waals surface area contributed by atoms with Crippen LogP contribution in [-0.2, 0) is 0 Å². The molecule has 1 N–H and O–H groups in total. The minimum Gasteiger partial charge on any atom is -0.250 e. The van der Waals surface area contributed by atoms with Crippen LogP contribution in [0.3, 0.4) is 0 Å². The van der Waals surface area contributed by atoms with Crippen molar-refractivity contribution in [3.63, 3.8) is 0 Å². The van der Waals surface area contributed by atoms with E-state index in [1.165, 1.54) is 38.5 Å². The molecule has 3 atom stereocenters. The molecule has 0 saturated heterocycles. The highest BCUT2D eigenvalue weighted by molar-refractivity contribution is 4.70. The summed E-state index contributed by atoms with van der Waals surface area (Å²) in [6.45, 7) is 9.38. The Kier molecular flexibility index (Phi) is 7.07. The number of unbranched alkanes of at least 4 members (excludes halogenated alkanes) is 2. The number of aromatic amines is 1. The van der Waals surface area contributed by atoms with Crippen LogP contribution < -0.4 is 4.57 Å². The molecule has 3 unspecified atom stereocenters. The minimum absolute atomic E-state index is 0.592. The van der Waals surface area contributed by atoms with Gasteiger partial charge in [-0.3, -0.25) is 4.98 Å².